The normalized spacial score (nSPS) is 19.3. The molecule has 0 aromatic carbocycles. The Hall–Kier alpha value is -1.47. The number of aromatic nitrogens is 1. The summed E-state index contributed by atoms with van der Waals surface area (Å²) in [6.45, 7) is 0.522. The van der Waals surface area contributed by atoms with Gasteiger partial charge in [0.2, 0.25) is 10.0 Å². The number of hydrogen-bond acceptors (Lipinski definition) is 4. The van der Waals surface area contributed by atoms with Gasteiger partial charge in [-0.3, -0.25) is 0 Å². The molecule has 2 rings (SSSR count). The van der Waals surface area contributed by atoms with E-state index in [1.165, 1.54) is 10.5 Å². The van der Waals surface area contributed by atoms with Crippen LogP contribution in [-0.2, 0) is 16.6 Å². The first-order chi connectivity index (χ1) is 8.00. The molecule has 0 aliphatic carbocycles. The summed E-state index contributed by atoms with van der Waals surface area (Å²) >= 11 is 0. The largest absolute Gasteiger partial charge is 0.477 e. The summed E-state index contributed by atoms with van der Waals surface area (Å²) in [6.07, 6.45) is 1.97. The van der Waals surface area contributed by atoms with Crippen LogP contribution in [0, 0.1) is 0 Å². The molecule has 1 aromatic rings. The van der Waals surface area contributed by atoms with Crippen molar-refractivity contribution in [2.24, 2.45) is 0 Å². The molecule has 0 bridgehead atoms. The number of rotatable bonds is 3. The van der Waals surface area contributed by atoms with Gasteiger partial charge >= 0.3 is 5.97 Å². The topological polar surface area (TPSA) is 87.6 Å². The maximum absolute atomic E-state index is 11.6. The highest BCUT2D eigenvalue weighted by Crippen LogP contribution is 2.18. The standard InChI is InChI=1S/C10H12N2O4S/c13-10(14)9-8(3-1-4-11-9)7-12-5-2-6-17(12,15)16/h1,3-4H,2,5-7H2,(H,13,14). The van der Waals surface area contributed by atoms with Crippen LogP contribution in [-0.4, -0.2) is 41.1 Å². The molecule has 1 aromatic heterocycles. The highest BCUT2D eigenvalue weighted by molar-refractivity contribution is 7.89. The second-order valence-corrected chi connectivity index (χ2v) is 5.91. The molecule has 0 atom stereocenters. The summed E-state index contributed by atoms with van der Waals surface area (Å²) in [5.74, 6) is -1.01. The summed E-state index contributed by atoms with van der Waals surface area (Å²) in [4.78, 5) is 14.7. The van der Waals surface area contributed by atoms with Crippen LogP contribution in [0.5, 0.6) is 0 Å². The molecule has 0 spiro atoms. The van der Waals surface area contributed by atoms with Gasteiger partial charge in [0.15, 0.2) is 5.69 Å². The average Bonchev–Trinajstić information content (AvgIpc) is 2.59. The van der Waals surface area contributed by atoms with E-state index < -0.39 is 16.0 Å². The molecule has 2 heterocycles. The van der Waals surface area contributed by atoms with Crippen molar-refractivity contribution in [2.75, 3.05) is 12.3 Å². The number of hydrogen-bond donors (Lipinski definition) is 1. The molecule has 1 fully saturated rings. The fraction of sp³-hybridized carbons (Fsp3) is 0.400. The zero-order valence-corrected chi connectivity index (χ0v) is 9.85. The highest BCUT2D eigenvalue weighted by Gasteiger charge is 2.29. The second-order valence-electron chi connectivity index (χ2n) is 3.82. The van der Waals surface area contributed by atoms with Crippen LogP contribution in [0.25, 0.3) is 0 Å². The molecule has 0 saturated carbocycles. The molecule has 0 unspecified atom stereocenters. The predicted octanol–water partition coefficient (Wildman–Crippen LogP) is 0.315. The predicted molar refractivity (Wildman–Crippen MR) is 60.0 cm³/mol. The quantitative estimate of drug-likeness (QED) is 0.841. The number of carboxylic acids is 1. The van der Waals surface area contributed by atoms with Crippen molar-refractivity contribution < 1.29 is 18.3 Å². The van der Waals surface area contributed by atoms with Gasteiger partial charge in [-0.15, -0.1) is 0 Å². The average molecular weight is 256 g/mol. The monoisotopic (exact) mass is 256 g/mol. The Balaban J connectivity index is 2.28. The molecule has 7 heteroatoms. The van der Waals surface area contributed by atoms with Crippen LogP contribution in [0.1, 0.15) is 22.5 Å². The van der Waals surface area contributed by atoms with Crippen molar-refractivity contribution in [2.45, 2.75) is 13.0 Å². The number of carboxylic acid groups (broad SMARTS) is 1. The highest BCUT2D eigenvalue weighted by atomic mass is 32.2. The van der Waals surface area contributed by atoms with E-state index in [1.54, 1.807) is 12.1 Å². The van der Waals surface area contributed by atoms with Gasteiger partial charge in [-0.05, 0) is 12.5 Å². The summed E-state index contributed by atoms with van der Waals surface area (Å²) in [5, 5.41) is 8.94. The maximum Gasteiger partial charge on any atom is 0.354 e. The lowest BCUT2D eigenvalue weighted by Crippen LogP contribution is -2.26. The smallest absolute Gasteiger partial charge is 0.354 e. The van der Waals surface area contributed by atoms with Gasteiger partial charge in [0.25, 0.3) is 0 Å². The Morgan fingerprint density at radius 2 is 2.29 bits per heavy atom. The minimum Gasteiger partial charge on any atom is -0.477 e. The fourth-order valence-corrected chi connectivity index (χ4v) is 3.31. The Morgan fingerprint density at radius 1 is 1.53 bits per heavy atom. The Morgan fingerprint density at radius 3 is 2.88 bits per heavy atom. The molecular weight excluding hydrogens is 244 g/mol. The number of pyridine rings is 1. The van der Waals surface area contributed by atoms with Gasteiger partial charge in [0, 0.05) is 24.8 Å². The molecule has 1 aliphatic heterocycles. The molecule has 1 aliphatic rings. The SMILES string of the molecule is O=C(O)c1ncccc1CN1CCCS1(=O)=O. The van der Waals surface area contributed by atoms with E-state index >= 15 is 0 Å². The van der Waals surface area contributed by atoms with Gasteiger partial charge < -0.3 is 5.11 Å². The van der Waals surface area contributed by atoms with Crippen LogP contribution in [0.15, 0.2) is 18.3 Å². The van der Waals surface area contributed by atoms with Crippen molar-refractivity contribution in [3.8, 4) is 0 Å². The van der Waals surface area contributed by atoms with E-state index in [2.05, 4.69) is 4.98 Å². The van der Waals surface area contributed by atoms with Gasteiger partial charge in [-0.2, -0.15) is 4.31 Å². The fourth-order valence-electron chi connectivity index (χ4n) is 1.82. The molecule has 17 heavy (non-hydrogen) atoms. The number of nitrogens with zero attached hydrogens (tertiary/aromatic N) is 2. The molecule has 6 nitrogen and oxygen atoms in total. The Kier molecular flexibility index (Phi) is 3.12. The number of carbonyl (C=O) groups is 1. The van der Waals surface area contributed by atoms with Gasteiger partial charge in [-0.25, -0.2) is 18.2 Å². The van der Waals surface area contributed by atoms with Gasteiger partial charge in [0.1, 0.15) is 0 Å². The molecule has 1 N–H and O–H groups in total. The minimum absolute atomic E-state index is 0.0812. The van der Waals surface area contributed by atoms with Gasteiger partial charge in [0.05, 0.1) is 5.75 Å². The van der Waals surface area contributed by atoms with Gasteiger partial charge in [-0.1, -0.05) is 6.07 Å². The number of aromatic carboxylic acids is 1. The van der Waals surface area contributed by atoms with Crippen LogP contribution in [0.4, 0.5) is 0 Å². The summed E-state index contributed by atoms with van der Waals surface area (Å²) in [5.41, 5.74) is 0.333. The summed E-state index contributed by atoms with van der Waals surface area (Å²) in [7, 11) is -3.22. The third-order valence-corrected chi connectivity index (χ3v) is 4.55. The van der Waals surface area contributed by atoms with Crippen LogP contribution >= 0.6 is 0 Å². The Bertz CT molecular complexity index is 541. The third kappa shape index (κ3) is 2.45. The molecular formula is C10H12N2O4S. The van der Waals surface area contributed by atoms with E-state index in [9.17, 15) is 13.2 Å². The first kappa shape index (κ1) is 12.0. The van der Waals surface area contributed by atoms with E-state index in [1.807, 2.05) is 0 Å². The lowest BCUT2D eigenvalue weighted by Gasteiger charge is -2.14. The van der Waals surface area contributed by atoms with Crippen LogP contribution < -0.4 is 0 Å². The molecule has 92 valence electrons. The number of sulfonamides is 1. The molecule has 1 saturated heterocycles. The molecule has 0 amide bonds. The maximum atomic E-state index is 11.6. The van der Waals surface area contributed by atoms with E-state index in [0.29, 0.717) is 18.5 Å². The van der Waals surface area contributed by atoms with Crippen molar-refractivity contribution in [3.05, 3.63) is 29.6 Å². The van der Waals surface area contributed by atoms with E-state index in [-0.39, 0.29) is 18.0 Å². The van der Waals surface area contributed by atoms with E-state index in [4.69, 9.17) is 5.11 Å². The molecule has 0 radical (unpaired) electrons. The lowest BCUT2D eigenvalue weighted by atomic mass is 10.2. The van der Waals surface area contributed by atoms with E-state index in [0.717, 1.165) is 0 Å². The van der Waals surface area contributed by atoms with Crippen LogP contribution in [0.3, 0.4) is 0 Å². The first-order valence-corrected chi connectivity index (χ1v) is 6.76. The lowest BCUT2D eigenvalue weighted by molar-refractivity contribution is 0.0688. The van der Waals surface area contributed by atoms with Crippen LogP contribution in [0.2, 0.25) is 0 Å². The summed E-state index contributed by atoms with van der Waals surface area (Å²) < 4.78 is 24.5. The van der Waals surface area contributed by atoms with Crippen molar-refractivity contribution in [1.82, 2.24) is 9.29 Å². The van der Waals surface area contributed by atoms with Crippen molar-refractivity contribution in [1.29, 1.82) is 0 Å². The Labute approximate surface area is 98.9 Å². The van der Waals surface area contributed by atoms with Crippen molar-refractivity contribution in [3.63, 3.8) is 0 Å². The zero-order chi connectivity index (χ0) is 12.5. The minimum atomic E-state index is -3.22. The summed E-state index contributed by atoms with van der Waals surface area (Å²) in [6, 6.07) is 3.19. The second kappa shape index (κ2) is 4.42. The van der Waals surface area contributed by atoms with Crippen molar-refractivity contribution >= 4 is 16.0 Å². The first-order valence-electron chi connectivity index (χ1n) is 5.16. The third-order valence-electron chi connectivity index (χ3n) is 2.64. The zero-order valence-electron chi connectivity index (χ0n) is 9.04.